The van der Waals surface area contributed by atoms with Gasteiger partial charge >= 0.3 is 0 Å². The summed E-state index contributed by atoms with van der Waals surface area (Å²) in [6.07, 6.45) is 2.88. The SMILES string of the molecule is O=C(Cc1ccccc1F)Nc1onc(-c2ccc3ccccc3c2)c1-c1ccncn1. The van der Waals surface area contributed by atoms with Gasteiger partial charge < -0.3 is 4.52 Å². The minimum Gasteiger partial charge on any atom is -0.337 e. The Balaban J connectivity index is 1.54. The van der Waals surface area contributed by atoms with Gasteiger partial charge in [-0.2, -0.15) is 0 Å². The quantitative estimate of drug-likeness (QED) is 0.416. The first-order valence-electron chi connectivity index (χ1n) is 9.97. The average molecular weight is 424 g/mol. The summed E-state index contributed by atoms with van der Waals surface area (Å²) in [5.41, 5.74) is 2.73. The molecule has 0 spiro atoms. The largest absolute Gasteiger partial charge is 0.337 e. The van der Waals surface area contributed by atoms with Crippen LogP contribution in [0.15, 0.2) is 89.8 Å². The summed E-state index contributed by atoms with van der Waals surface area (Å²) in [5, 5.41) is 9.09. The summed E-state index contributed by atoms with van der Waals surface area (Å²) in [4.78, 5) is 20.9. The van der Waals surface area contributed by atoms with Crippen LogP contribution in [0.25, 0.3) is 33.3 Å². The van der Waals surface area contributed by atoms with Gasteiger partial charge in [0.25, 0.3) is 0 Å². The number of amides is 1. The van der Waals surface area contributed by atoms with E-state index in [4.69, 9.17) is 4.52 Å². The Bertz CT molecular complexity index is 1420. The molecule has 0 aliphatic carbocycles. The molecule has 0 saturated heterocycles. The molecule has 1 N–H and O–H groups in total. The Hall–Kier alpha value is -4.39. The number of aromatic nitrogens is 3. The number of carbonyl (C=O) groups excluding carboxylic acids is 1. The summed E-state index contributed by atoms with van der Waals surface area (Å²) in [6, 6.07) is 21.8. The van der Waals surface area contributed by atoms with Gasteiger partial charge in [-0.3, -0.25) is 10.1 Å². The first-order valence-corrected chi connectivity index (χ1v) is 9.97. The van der Waals surface area contributed by atoms with E-state index in [1.807, 2.05) is 42.5 Å². The lowest BCUT2D eigenvalue weighted by atomic mass is 10.0. The molecular formula is C25H17FN4O2. The number of hydrogen-bond donors (Lipinski definition) is 1. The van der Waals surface area contributed by atoms with Crippen molar-refractivity contribution < 1.29 is 13.7 Å². The normalized spacial score (nSPS) is 10.9. The molecule has 156 valence electrons. The van der Waals surface area contributed by atoms with Gasteiger partial charge in [-0.15, -0.1) is 0 Å². The second-order valence-corrected chi connectivity index (χ2v) is 7.21. The van der Waals surface area contributed by atoms with Crippen LogP contribution in [0, 0.1) is 5.82 Å². The topological polar surface area (TPSA) is 80.9 Å². The molecule has 0 radical (unpaired) electrons. The Morgan fingerprint density at radius 2 is 1.78 bits per heavy atom. The summed E-state index contributed by atoms with van der Waals surface area (Å²) in [6.45, 7) is 0. The fourth-order valence-electron chi connectivity index (χ4n) is 3.57. The zero-order valence-electron chi connectivity index (χ0n) is 16.8. The van der Waals surface area contributed by atoms with E-state index in [1.54, 1.807) is 30.5 Å². The van der Waals surface area contributed by atoms with Gasteiger partial charge in [0.15, 0.2) is 0 Å². The molecule has 2 aromatic heterocycles. The first kappa shape index (κ1) is 19.6. The number of anilines is 1. The van der Waals surface area contributed by atoms with Crippen LogP contribution in [0.1, 0.15) is 5.56 Å². The second kappa shape index (κ2) is 8.39. The fourth-order valence-corrected chi connectivity index (χ4v) is 3.57. The molecule has 7 heteroatoms. The highest BCUT2D eigenvalue weighted by atomic mass is 19.1. The molecule has 0 aliphatic heterocycles. The summed E-state index contributed by atoms with van der Waals surface area (Å²) < 4.78 is 19.5. The molecule has 0 atom stereocenters. The lowest BCUT2D eigenvalue weighted by molar-refractivity contribution is -0.115. The molecule has 0 saturated carbocycles. The minimum atomic E-state index is -0.437. The zero-order chi connectivity index (χ0) is 21.9. The maximum atomic E-state index is 14.0. The summed E-state index contributed by atoms with van der Waals surface area (Å²) >= 11 is 0. The third-order valence-electron chi connectivity index (χ3n) is 5.11. The van der Waals surface area contributed by atoms with Crippen molar-refractivity contribution in [1.82, 2.24) is 15.1 Å². The van der Waals surface area contributed by atoms with E-state index in [2.05, 4.69) is 20.4 Å². The smallest absolute Gasteiger partial charge is 0.241 e. The van der Waals surface area contributed by atoms with Crippen LogP contribution in [0.3, 0.4) is 0 Å². The lowest BCUT2D eigenvalue weighted by Crippen LogP contribution is -2.15. The van der Waals surface area contributed by atoms with E-state index in [1.165, 1.54) is 12.4 Å². The van der Waals surface area contributed by atoms with Crippen LogP contribution in [0.4, 0.5) is 10.3 Å². The van der Waals surface area contributed by atoms with E-state index >= 15 is 0 Å². The third-order valence-corrected chi connectivity index (χ3v) is 5.11. The van der Waals surface area contributed by atoms with Gasteiger partial charge in [-0.1, -0.05) is 59.8 Å². The molecule has 0 fully saturated rings. The monoisotopic (exact) mass is 424 g/mol. The van der Waals surface area contributed by atoms with Gasteiger partial charge in [0, 0.05) is 11.8 Å². The predicted octanol–water partition coefficient (Wildman–Crippen LogP) is 5.27. The van der Waals surface area contributed by atoms with Crippen LogP contribution in [0.2, 0.25) is 0 Å². The van der Waals surface area contributed by atoms with Gasteiger partial charge in [-0.25, -0.2) is 14.4 Å². The maximum Gasteiger partial charge on any atom is 0.241 e. The number of nitrogens with zero attached hydrogens (tertiary/aromatic N) is 3. The number of fused-ring (bicyclic) bond motifs is 1. The van der Waals surface area contributed by atoms with Gasteiger partial charge in [0.1, 0.15) is 17.8 Å². The minimum absolute atomic E-state index is 0.137. The number of hydrogen-bond acceptors (Lipinski definition) is 5. The number of carbonyl (C=O) groups is 1. The van der Waals surface area contributed by atoms with Crippen LogP contribution in [-0.2, 0) is 11.2 Å². The molecule has 5 rings (SSSR count). The van der Waals surface area contributed by atoms with Crippen LogP contribution >= 0.6 is 0 Å². The predicted molar refractivity (Wildman–Crippen MR) is 119 cm³/mol. The Labute approximate surface area is 182 Å². The van der Waals surface area contributed by atoms with Crippen molar-refractivity contribution in [2.45, 2.75) is 6.42 Å². The Morgan fingerprint density at radius 1 is 0.969 bits per heavy atom. The molecule has 5 aromatic rings. The van der Waals surface area contributed by atoms with Gasteiger partial charge in [0.2, 0.25) is 11.8 Å². The number of halogens is 1. The van der Waals surface area contributed by atoms with Crippen molar-refractivity contribution in [2.75, 3.05) is 5.32 Å². The Morgan fingerprint density at radius 3 is 2.59 bits per heavy atom. The highest BCUT2D eigenvalue weighted by molar-refractivity contribution is 5.98. The van der Waals surface area contributed by atoms with Crippen LogP contribution < -0.4 is 5.32 Å². The van der Waals surface area contributed by atoms with Crippen molar-refractivity contribution in [3.05, 3.63) is 96.7 Å². The highest BCUT2D eigenvalue weighted by Crippen LogP contribution is 2.37. The van der Waals surface area contributed by atoms with Gasteiger partial charge in [-0.05, 0) is 34.5 Å². The number of rotatable bonds is 5. The van der Waals surface area contributed by atoms with E-state index in [0.717, 1.165) is 16.3 Å². The molecular weight excluding hydrogens is 407 g/mol. The summed E-state index contributed by atoms with van der Waals surface area (Å²) in [5.74, 6) is -0.715. The molecule has 2 heterocycles. The first-order chi connectivity index (χ1) is 15.7. The molecule has 6 nitrogen and oxygen atoms in total. The van der Waals surface area contributed by atoms with Crippen molar-refractivity contribution in [2.24, 2.45) is 0 Å². The molecule has 0 bridgehead atoms. The van der Waals surface area contributed by atoms with Crippen LogP contribution in [0.5, 0.6) is 0 Å². The number of nitrogens with one attached hydrogen (secondary N) is 1. The third kappa shape index (κ3) is 3.83. The van der Waals surface area contributed by atoms with E-state index in [9.17, 15) is 9.18 Å². The molecule has 0 unspecified atom stereocenters. The standard InChI is InChI=1S/C25H17FN4O2/c26-20-8-4-3-7-18(20)14-22(31)29-25-23(21-11-12-27-15-28-21)24(30-32-25)19-10-9-16-5-1-2-6-17(16)13-19/h1-13,15H,14H2,(H,29,31). The van der Waals surface area contributed by atoms with Crippen molar-refractivity contribution in [1.29, 1.82) is 0 Å². The summed E-state index contributed by atoms with van der Waals surface area (Å²) in [7, 11) is 0. The van der Waals surface area contributed by atoms with Crippen molar-refractivity contribution in [3.63, 3.8) is 0 Å². The van der Waals surface area contributed by atoms with Crippen molar-refractivity contribution >= 4 is 22.6 Å². The number of benzene rings is 3. The zero-order valence-corrected chi connectivity index (χ0v) is 16.8. The molecule has 32 heavy (non-hydrogen) atoms. The van der Waals surface area contributed by atoms with Crippen LogP contribution in [-0.4, -0.2) is 21.0 Å². The molecule has 1 amide bonds. The Kier molecular flexibility index (Phi) is 5.13. The fraction of sp³-hybridized carbons (Fsp3) is 0.0400. The average Bonchev–Trinajstić information content (AvgIpc) is 3.24. The van der Waals surface area contributed by atoms with E-state index in [0.29, 0.717) is 22.5 Å². The maximum absolute atomic E-state index is 14.0. The van der Waals surface area contributed by atoms with E-state index in [-0.39, 0.29) is 12.3 Å². The highest BCUT2D eigenvalue weighted by Gasteiger charge is 2.22. The second-order valence-electron chi connectivity index (χ2n) is 7.21. The lowest BCUT2D eigenvalue weighted by Gasteiger charge is -2.07. The van der Waals surface area contributed by atoms with E-state index < -0.39 is 11.7 Å². The van der Waals surface area contributed by atoms with Gasteiger partial charge in [0.05, 0.1) is 17.7 Å². The molecule has 0 aliphatic rings. The van der Waals surface area contributed by atoms with Crippen molar-refractivity contribution in [3.8, 4) is 22.5 Å². The molecule has 3 aromatic carbocycles.